The van der Waals surface area contributed by atoms with Gasteiger partial charge >= 0.3 is 0 Å². The summed E-state index contributed by atoms with van der Waals surface area (Å²) in [4.78, 5) is 10.6. The second kappa shape index (κ2) is 6.77. The smallest absolute Gasteiger partial charge is 0.146 e. The number of carbonyl (C=O) groups is 1. The van der Waals surface area contributed by atoms with E-state index < -0.39 is 0 Å². The fourth-order valence-electron chi connectivity index (χ4n) is 1.32. The summed E-state index contributed by atoms with van der Waals surface area (Å²) in [6, 6.07) is 10.0. The summed E-state index contributed by atoms with van der Waals surface area (Å²) in [6.45, 7) is 2.07. The van der Waals surface area contributed by atoms with Crippen LogP contribution in [0.5, 0.6) is 0 Å². The number of aldehydes is 1. The lowest BCUT2D eigenvalue weighted by atomic mass is 10.1. The molecule has 1 rings (SSSR count). The molecule has 0 saturated heterocycles. The number of rotatable bonds is 5. The molecule has 0 amide bonds. The number of allylic oxidation sites excluding steroid dienone is 3. The molecule has 1 aromatic rings. The van der Waals surface area contributed by atoms with Crippen molar-refractivity contribution in [2.24, 2.45) is 0 Å². The Hall–Kier alpha value is -1.63. The van der Waals surface area contributed by atoms with Crippen LogP contribution in [0.3, 0.4) is 0 Å². The first-order valence-electron chi connectivity index (χ1n) is 5.24. The molecule has 0 unspecified atom stereocenters. The Morgan fingerprint density at radius 1 is 1.27 bits per heavy atom. The van der Waals surface area contributed by atoms with Crippen LogP contribution < -0.4 is 0 Å². The van der Waals surface area contributed by atoms with Gasteiger partial charge in [-0.1, -0.05) is 61.9 Å². The molecule has 0 aromatic heterocycles. The van der Waals surface area contributed by atoms with E-state index in [2.05, 4.69) is 6.92 Å². The van der Waals surface area contributed by atoms with Crippen LogP contribution in [0.4, 0.5) is 0 Å². The first-order valence-corrected chi connectivity index (χ1v) is 5.24. The first-order chi connectivity index (χ1) is 7.36. The van der Waals surface area contributed by atoms with Gasteiger partial charge in [-0.25, -0.2) is 0 Å². The Kier molecular flexibility index (Phi) is 5.16. The van der Waals surface area contributed by atoms with Gasteiger partial charge in [-0.2, -0.15) is 0 Å². The quantitative estimate of drug-likeness (QED) is 0.403. The predicted molar refractivity (Wildman–Crippen MR) is 64.5 cm³/mol. The molecule has 1 nitrogen and oxygen atoms in total. The van der Waals surface area contributed by atoms with Crippen LogP contribution >= 0.6 is 0 Å². The van der Waals surface area contributed by atoms with Gasteiger partial charge in [-0.3, -0.25) is 4.79 Å². The average molecular weight is 200 g/mol. The molecule has 1 heteroatoms. The van der Waals surface area contributed by atoms with E-state index in [9.17, 15) is 4.79 Å². The number of carbonyl (C=O) groups excluding carboxylic acids is 1. The highest BCUT2D eigenvalue weighted by Gasteiger charge is 1.89. The minimum atomic E-state index is 0.850. The van der Waals surface area contributed by atoms with Gasteiger partial charge < -0.3 is 0 Å². The van der Waals surface area contributed by atoms with Gasteiger partial charge in [-0.05, 0) is 17.6 Å². The zero-order chi connectivity index (χ0) is 10.9. The van der Waals surface area contributed by atoms with Crippen molar-refractivity contribution in [2.75, 3.05) is 0 Å². The lowest BCUT2D eigenvalue weighted by Crippen LogP contribution is -1.82. The summed E-state index contributed by atoms with van der Waals surface area (Å²) in [5, 5.41) is 0. The van der Waals surface area contributed by atoms with E-state index >= 15 is 0 Å². The first kappa shape index (κ1) is 11.4. The van der Waals surface area contributed by atoms with Crippen LogP contribution in [0.1, 0.15) is 25.3 Å². The van der Waals surface area contributed by atoms with Crippen molar-refractivity contribution in [3.05, 3.63) is 53.6 Å². The summed E-state index contributed by atoms with van der Waals surface area (Å²) in [5.41, 5.74) is 2.00. The topological polar surface area (TPSA) is 17.1 Å². The standard InChI is InChI=1S/C14H16O/c1-2-7-14(12-15)11-6-10-13-8-4-3-5-9-13/h3-6,8-12H,2,7H2,1H3. The molecule has 0 saturated carbocycles. The molecule has 0 aliphatic rings. The molecule has 78 valence electrons. The van der Waals surface area contributed by atoms with E-state index in [1.807, 2.05) is 48.6 Å². The van der Waals surface area contributed by atoms with E-state index in [0.29, 0.717) is 0 Å². The van der Waals surface area contributed by atoms with Crippen LogP contribution in [-0.2, 0) is 4.79 Å². The van der Waals surface area contributed by atoms with Gasteiger partial charge in [0, 0.05) is 0 Å². The lowest BCUT2D eigenvalue weighted by Gasteiger charge is -1.93. The minimum Gasteiger partial charge on any atom is -0.298 e. The summed E-state index contributed by atoms with van der Waals surface area (Å²) in [5.74, 6) is 0. The van der Waals surface area contributed by atoms with E-state index in [0.717, 1.165) is 30.3 Å². The highest BCUT2D eigenvalue weighted by molar-refractivity contribution is 5.74. The summed E-state index contributed by atoms with van der Waals surface area (Å²) >= 11 is 0. The molecule has 0 bridgehead atoms. The zero-order valence-electron chi connectivity index (χ0n) is 9.02. The Balaban J connectivity index is 2.62. The predicted octanol–water partition coefficient (Wildman–Crippen LogP) is 3.63. The molecule has 0 N–H and O–H groups in total. The van der Waals surface area contributed by atoms with Gasteiger partial charge in [0.05, 0.1) is 0 Å². The van der Waals surface area contributed by atoms with Crippen molar-refractivity contribution in [1.29, 1.82) is 0 Å². The molecule has 0 fully saturated rings. The van der Waals surface area contributed by atoms with E-state index in [1.54, 1.807) is 0 Å². The van der Waals surface area contributed by atoms with Gasteiger partial charge in [0.15, 0.2) is 0 Å². The number of hydrogen-bond donors (Lipinski definition) is 0. The molecule has 0 heterocycles. The largest absolute Gasteiger partial charge is 0.298 e. The van der Waals surface area contributed by atoms with Crippen molar-refractivity contribution in [2.45, 2.75) is 19.8 Å². The highest BCUT2D eigenvalue weighted by atomic mass is 16.1. The minimum absolute atomic E-state index is 0.850. The molecule has 0 atom stereocenters. The lowest BCUT2D eigenvalue weighted by molar-refractivity contribution is -0.105. The fourth-order valence-corrected chi connectivity index (χ4v) is 1.32. The van der Waals surface area contributed by atoms with Crippen LogP contribution in [0, 0.1) is 0 Å². The van der Waals surface area contributed by atoms with Crippen LogP contribution in [-0.4, -0.2) is 6.29 Å². The maximum atomic E-state index is 10.6. The molecule has 0 radical (unpaired) electrons. The van der Waals surface area contributed by atoms with E-state index in [-0.39, 0.29) is 0 Å². The third-order valence-electron chi connectivity index (χ3n) is 2.09. The van der Waals surface area contributed by atoms with Crippen molar-refractivity contribution in [3.8, 4) is 0 Å². The maximum absolute atomic E-state index is 10.6. The maximum Gasteiger partial charge on any atom is 0.146 e. The zero-order valence-corrected chi connectivity index (χ0v) is 9.02. The Bertz CT molecular complexity index is 347. The summed E-state index contributed by atoms with van der Waals surface area (Å²) < 4.78 is 0. The van der Waals surface area contributed by atoms with Gasteiger partial charge in [0.1, 0.15) is 6.29 Å². The Labute approximate surface area is 91.1 Å². The molecular formula is C14H16O. The monoisotopic (exact) mass is 200 g/mol. The van der Waals surface area contributed by atoms with Crippen LogP contribution in [0.25, 0.3) is 6.08 Å². The molecule has 15 heavy (non-hydrogen) atoms. The van der Waals surface area contributed by atoms with E-state index in [4.69, 9.17) is 0 Å². The Morgan fingerprint density at radius 2 is 2.00 bits per heavy atom. The normalized spacial score (nSPS) is 11.9. The molecule has 1 aromatic carbocycles. The van der Waals surface area contributed by atoms with Gasteiger partial charge in [0.25, 0.3) is 0 Å². The van der Waals surface area contributed by atoms with Crippen molar-refractivity contribution >= 4 is 12.4 Å². The fraction of sp³-hybridized carbons (Fsp3) is 0.214. The highest BCUT2D eigenvalue weighted by Crippen LogP contribution is 2.04. The second-order valence-corrected chi connectivity index (χ2v) is 3.38. The van der Waals surface area contributed by atoms with Crippen molar-refractivity contribution < 1.29 is 4.79 Å². The van der Waals surface area contributed by atoms with Crippen LogP contribution in [0.2, 0.25) is 0 Å². The van der Waals surface area contributed by atoms with Crippen LogP contribution in [0.15, 0.2) is 48.1 Å². The molecule has 0 aliphatic heterocycles. The third-order valence-corrected chi connectivity index (χ3v) is 2.09. The van der Waals surface area contributed by atoms with Gasteiger partial charge in [-0.15, -0.1) is 0 Å². The van der Waals surface area contributed by atoms with E-state index in [1.165, 1.54) is 0 Å². The molecule has 0 spiro atoms. The van der Waals surface area contributed by atoms with Crippen molar-refractivity contribution in [1.82, 2.24) is 0 Å². The molecule has 0 aliphatic carbocycles. The summed E-state index contributed by atoms with van der Waals surface area (Å²) in [6.07, 6.45) is 8.59. The Morgan fingerprint density at radius 3 is 2.60 bits per heavy atom. The SMILES string of the molecule is CCCC(C=O)=CC=Cc1ccccc1. The number of hydrogen-bond acceptors (Lipinski definition) is 1. The third kappa shape index (κ3) is 4.41. The second-order valence-electron chi connectivity index (χ2n) is 3.38. The molecular weight excluding hydrogens is 184 g/mol. The average Bonchev–Trinajstić information content (AvgIpc) is 2.29. The van der Waals surface area contributed by atoms with Crippen molar-refractivity contribution in [3.63, 3.8) is 0 Å². The number of benzene rings is 1. The van der Waals surface area contributed by atoms with Gasteiger partial charge in [0.2, 0.25) is 0 Å². The summed E-state index contributed by atoms with van der Waals surface area (Å²) in [7, 11) is 0.